The van der Waals surface area contributed by atoms with E-state index in [1.54, 1.807) is 0 Å². The number of carbonyl (C=O) groups is 1. The first kappa shape index (κ1) is 14.7. The second kappa shape index (κ2) is 5.08. The van der Waals surface area contributed by atoms with Crippen molar-refractivity contribution in [1.82, 2.24) is 0 Å². The van der Waals surface area contributed by atoms with Crippen LogP contribution in [0.3, 0.4) is 0 Å². The van der Waals surface area contributed by atoms with E-state index in [-0.39, 0.29) is 11.9 Å². The molecule has 0 radical (unpaired) electrons. The van der Waals surface area contributed by atoms with Crippen molar-refractivity contribution >= 4 is 38.3 Å². The number of benzene rings is 5. The maximum Gasteiger partial charge on any atom is 0.317 e. The minimum Gasteiger partial charge on any atom is -0.468 e. The number of hydrogen-bond acceptors (Lipinski definition) is 2. The molecule has 1 atom stereocenters. The van der Waals surface area contributed by atoms with Gasteiger partial charge in [0.1, 0.15) is 5.92 Å². The Labute approximate surface area is 156 Å². The lowest BCUT2D eigenvalue weighted by atomic mass is 9.88. The van der Waals surface area contributed by atoms with Gasteiger partial charge in [0.2, 0.25) is 0 Å². The van der Waals surface area contributed by atoms with Crippen LogP contribution in [0, 0.1) is 0 Å². The van der Waals surface area contributed by atoms with Crippen LogP contribution >= 0.6 is 0 Å². The summed E-state index contributed by atoms with van der Waals surface area (Å²) in [6.45, 7) is 0. The van der Waals surface area contributed by atoms with Crippen LogP contribution in [0.15, 0.2) is 72.8 Å². The van der Waals surface area contributed by atoms with Gasteiger partial charge in [0.25, 0.3) is 0 Å². The molecule has 128 valence electrons. The molecule has 0 fully saturated rings. The zero-order valence-electron chi connectivity index (χ0n) is 14.8. The smallest absolute Gasteiger partial charge is 0.317 e. The molecule has 0 N–H and O–H groups in total. The van der Waals surface area contributed by atoms with Gasteiger partial charge in [-0.25, -0.2) is 0 Å². The molecule has 0 spiro atoms. The SMILES string of the molecule is COC(=O)[C@H]1c2ccccc2-c2c1cc1ccc3cccc4ccc2c1c34. The largest absolute Gasteiger partial charge is 0.468 e. The summed E-state index contributed by atoms with van der Waals surface area (Å²) in [4.78, 5) is 12.7. The molecule has 5 aromatic rings. The molecule has 0 bridgehead atoms. The normalized spacial score (nSPS) is 15.4. The summed E-state index contributed by atoms with van der Waals surface area (Å²) in [5, 5.41) is 7.47. The summed E-state index contributed by atoms with van der Waals surface area (Å²) < 4.78 is 5.16. The van der Waals surface area contributed by atoms with Gasteiger partial charge in [-0.3, -0.25) is 4.79 Å². The van der Waals surface area contributed by atoms with E-state index in [4.69, 9.17) is 4.74 Å². The molecule has 5 aromatic carbocycles. The van der Waals surface area contributed by atoms with E-state index in [1.807, 2.05) is 18.2 Å². The van der Waals surface area contributed by atoms with Gasteiger partial charge in [0, 0.05) is 0 Å². The number of rotatable bonds is 1. The predicted octanol–water partition coefficient (Wildman–Crippen LogP) is 5.87. The third-order valence-corrected chi connectivity index (χ3v) is 5.97. The molecule has 1 aliphatic rings. The quantitative estimate of drug-likeness (QED) is 0.280. The third kappa shape index (κ3) is 1.77. The van der Waals surface area contributed by atoms with Crippen molar-refractivity contribution in [3.8, 4) is 11.1 Å². The Bertz CT molecular complexity index is 1360. The Hall–Kier alpha value is -3.39. The van der Waals surface area contributed by atoms with E-state index in [1.165, 1.54) is 45.0 Å². The molecule has 0 amide bonds. The summed E-state index contributed by atoms with van der Waals surface area (Å²) in [7, 11) is 1.47. The van der Waals surface area contributed by atoms with Gasteiger partial charge >= 0.3 is 5.97 Å². The molecule has 27 heavy (non-hydrogen) atoms. The summed E-state index contributed by atoms with van der Waals surface area (Å²) in [6.07, 6.45) is 0. The minimum absolute atomic E-state index is 0.200. The molecule has 0 unspecified atom stereocenters. The monoisotopic (exact) mass is 348 g/mol. The van der Waals surface area contributed by atoms with Crippen LogP contribution in [0.25, 0.3) is 43.4 Å². The predicted molar refractivity (Wildman–Crippen MR) is 109 cm³/mol. The Morgan fingerprint density at radius 2 is 1.52 bits per heavy atom. The zero-order chi connectivity index (χ0) is 18.1. The van der Waals surface area contributed by atoms with Gasteiger partial charge in [-0.1, -0.05) is 66.7 Å². The van der Waals surface area contributed by atoms with Crippen molar-refractivity contribution < 1.29 is 9.53 Å². The van der Waals surface area contributed by atoms with Crippen LogP contribution in [0.2, 0.25) is 0 Å². The summed E-state index contributed by atoms with van der Waals surface area (Å²) in [6, 6.07) is 25.6. The third-order valence-electron chi connectivity index (χ3n) is 5.97. The molecule has 0 saturated heterocycles. The molecule has 0 saturated carbocycles. The lowest BCUT2D eigenvalue weighted by Gasteiger charge is -2.16. The lowest BCUT2D eigenvalue weighted by Crippen LogP contribution is -2.13. The van der Waals surface area contributed by atoms with Crippen LogP contribution in [-0.4, -0.2) is 13.1 Å². The Balaban J connectivity index is 1.85. The molecular formula is C25H16O2. The lowest BCUT2D eigenvalue weighted by molar-refractivity contribution is -0.141. The molecule has 0 aliphatic heterocycles. The van der Waals surface area contributed by atoms with Crippen LogP contribution in [0.4, 0.5) is 0 Å². The molecule has 2 nitrogen and oxygen atoms in total. The van der Waals surface area contributed by atoms with E-state index in [2.05, 4.69) is 54.6 Å². The number of fused-ring (bicyclic) bond motifs is 4. The van der Waals surface area contributed by atoms with Gasteiger partial charge < -0.3 is 4.74 Å². The number of esters is 1. The van der Waals surface area contributed by atoms with Crippen molar-refractivity contribution in [2.45, 2.75) is 5.92 Å². The highest BCUT2D eigenvalue weighted by atomic mass is 16.5. The first-order valence-electron chi connectivity index (χ1n) is 9.15. The molecule has 6 rings (SSSR count). The summed E-state index contributed by atoms with van der Waals surface area (Å²) >= 11 is 0. The van der Waals surface area contributed by atoms with Crippen LogP contribution < -0.4 is 0 Å². The van der Waals surface area contributed by atoms with Crippen LogP contribution in [0.1, 0.15) is 17.0 Å². The molecular weight excluding hydrogens is 332 g/mol. The van der Waals surface area contributed by atoms with E-state index < -0.39 is 0 Å². The first-order valence-corrected chi connectivity index (χ1v) is 9.15. The van der Waals surface area contributed by atoms with E-state index in [0.717, 1.165) is 16.7 Å². The number of methoxy groups -OCH3 is 1. The highest BCUT2D eigenvalue weighted by Gasteiger charge is 2.36. The fourth-order valence-corrected chi connectivity index (χ4v) is 4.88. The Morgan fingerprint density at radius 3 is 2.33 bits per heavy atom. The summed E-state index contributed by atoms with van der Waals surface area (Å²) in [5.74, 6) is -0.558. The minimum atomic E-state index is -0.358. The first-order chi connectivity index (χ1) is 13.3. The maximum atomic E-state index is 12.7. The Kier molecular flexibility index (Phi) is 2.77. The highest BCUT2D eigenvalue weighted by Crippen LogP contribution is 2.51. The van der Waals surface area contributed by atoms with E-state index >= 15 is 0 Å². The van der Waals surface area contributed by atoms with E-state index in [9.17, 15) is 4.79 Å². The van der Waals surface area contributed by atoms with Crippen molar-refractivity contribution in [2.24, 2.45) is 0 Å². The van der Waals surface area contributed by atoms with Crippen LogP contribution in [-0.2, 0) is 9.53 Å². The second-order valence-electron chi connectivity index (χ2n) is 7.24. The van der Waals surface area contributed by atoms with Gasteiger partial charge in [-0.05, 0) is 60.6 Å². The zero-order valence-corrected chi connectivity index (χ0v) is 14.8. The van der Waals surface area contributed by atoms with Gasteiger partial charge in [0.05, 0.1) is 7.11 Å². The van der Waals surface area contributed by atoms with Crippen molar-refractivity contribution in [3.05, 3.63) is 83.9 Å². The fourth-order valence-electron chi connectivity index (χ4n) is 4.88. The number of ether oxygens (including phenoxy) is 1. The molecule has 1 aliphatic carbocycles. The van der Waals surface area contributed by atoms with Crippen molar-refractivity contribution in [3.63, 3.8) is 0 Å². The van der Waals surface area contributed by atoms with E-state index in [0.29, 0.717) is 0 Å². The van der Waals surface area contributed by atoms with Crippen LogP contribution in [0.5, 0.6) is 0 Å². The van der Waals surface area contributed by atoms with Gasteiger partial charge in [0.15, 0.2) is 0 Å². The van der Waals surface area contributed by atoms with Gasteiger partial charge in [-0.15, -0.1) is 0 Å². The number of carbonyl (C=O) groups excluding carboxylic acids is 1. The molecule has 0 heterocycles. The second-order valence-corrected chi connectivity index (χ2v) is 7.24. The topological polar surface area (TPSA) is 26.3 Å². The standard InChI is InChI=1S/C25H16O2/c1-27-25(26)24-18-8-3-2-7-17(18)23-19-12-11-15-6-4-5-14-9-10-16(13-20(23)24)22(19)21(14)15/h2-13,24H,1H3/t24-/m0/s1. The fraction of sp³-hybridized carbons (Fsp3) is 0.0800. The Morgan fingerprint density at radius 1 is 0.778 bits per heavy atom. The van der Waals surface area contributed by atoms with Gasteiger partial charge in [-0.2, -0.15) is 0 Å². The molecule has 0 aromatic heterocycles. The summed E-state index contributed by atoms with van der Waals surface area (Å²) in [5.41, 5.74) is 4.40. The average molecular weight is 348 g/mol. The highest BCUT2D eigenvalue weighted by molar-refractivity contribution is 6.26. The van der Waals surface area contributed by atoms with Crippen molar-refractivity contribution in [1.29, 1.82) is 0 Å². The maximum absolute atomic E-state index is 12.7. The average Bonchev–Trinajstić information content (AvgIpc) is 3.05. The molecule has 2 heteroatoms. The number of hydrogen-bond donors (Lipinski definition) is 0. The van der Waals surface area contributed by atoms with Crippen molar-refractivity contribution in [2.75, 3.05) is 7.11 Å².